The van der Waals surface area contributed by atoms with Crippen LogP contribution in [-0.4, -0.2) is 35.7 Å². The van der Waals surface area contributed by atoms with Gasteiger partial charge in [-0.3, -0.25) is 14.7 Å². The second-order valence-corrected chi connectivity index (χ2v) is 6.06. The molecule has 1 aromatic carbocycles. The van der Waals surface area contributed by atoms with Crippen molar-refractivity contribution in [2.24, 2.45) is 7.05 Å². The Morgan fingerprint density at radius 3 is 2.83 bits per heavy atom. The van der Waals surface area contributed by atoms with E-state index < -0.39 is 0 Å². The molecular formula is C16H17N7O. The van der Waals surface area contributed by atoms with Crippen molar-refractivity contribution in [3.63, 3.8) is 0 Å². The molecule has 0 saturated heterocycles. The lowest BCUT2D eigenvalue weighted by molar-refractivity contribution is 0.102. The Labute approximate surface area is 138 Å². The molecule has 2 aromatic heterocycles. The summed E-state index contributed by atoms with van der Waals surface area (Å²) in [5.41, 5.74) is 2.20. The fourth-order valence-electron chi connectivity index (χ4n) is 2.58. The maximum absolute atomic E-state index is 12.4. The normalized spacial score (nSPS) is 13.9. The van der Waals surface area contributed by atoms with Crippen molar-refractivity contribution in [1.29, 1.82) is 0 Å². The predicted octanol–water partition coefficient (Wildman–Crippen LogP) is 1.83. The first kappa shape index (κ1) is 14.6. The molecule has 8 nitrogen and oxygen atoms in total. The molecule has 1 N–H and O–H groups in total. The van der Waals surface area contributed by atoms with E-state index in [-0.39, 0.29) is 11.6 Å². The monoisotopic (exact) mass is 323 g/mol. The predicted molar refractivity (Wildman–Crippen MR) is 87.0 cm³/mol. The van der Waals surface area contributed by atoms with Crippen molar-refractivity contribution >= 4 is 11.9 Å². The van der Waals surface area contributed by atoms with Crippen LogP contribution in [0.15, 0.2) is 30.5 Å². The number of benzene rings is 1. The zero-order chi connectivity index (χ0) is 16.7. The maximum Gasteiger partial charge on any atom is 0.280 e. The van der Waals surface area contributed by atoms with Gasteiger partial charge in [-0.15, -0.1) is 15.3 Å². The summed E-state index contributed by atoms with van der Waals surface area (Å²) in [6, 6.07) is 7.82. The molecule has 1 aliphatic carbocycles. The molecule has 0 aliphatic heterocycles. The number of aromatic nitrogens is 6. The summed E-state index contributed by atoms with van der Waals surface area (Å²) in [5, 5.41) is 18.9. The number of hydrogen-bond donors (Lipinski definition) is 1. The summed E-state index contributed by atoms with van der Waals surface area (Å²) in [7, 11) is 1.85. The molecule has 24 heavy (non-hydrogen) atoms. The SMILES string of the molecule is Cc1cccc(-n2cc(C(=O)Nc3nnc(C4CC4)n3C)nn2)c1. The van der Waals surface area contributed by atoms with Crippen molar-refractivity contribution in [3.05, 3.63) is 47.5 Å². The highest BCUT2D eigenvalue weighted by atomic mass is 16.2. The highest BCUT2D eigenvalue weighted by molar-refractivity contribution is 6.01. The van der Waals surface area contributed by atoms with E-state index in [2.05, 4.69) is 25.8 Å². The summed E-state index contributed by atoms with van der Waals surface area (Å²) in [6.07, 6.45) is 3.86. The standard InChI is InChI=1S/C16H17N7O/c1-10-4-3-5-12(8-10)23-9-13(18-21-23)15(24)17-16-20-19-14(22(16)2)11-6-7-11/h3-5,8-9,11H,6-7H2,1-2H3,(H,17,20,24). The Morgan fingerprint density at radius 1 is 1.25 bits per heavy atom. The number of anilines is 1. The van der Waals surface area contributed by atoms with E-state index in [1.807, 2.05) is 42.8 Å². The summed E-state index contributed by atoms with van der Waals surface area (Å²) in [5.74, 6) is 1.45. The van der Waals surface area contributed by atoms with Crippen LogP contribution in [0.25, 0.3) is 5.69 Å². The van der Waals surface area contributed by atoms with Gasteiger partial charge in [-0.05, 0) is 37.5 Å². The molecule has 0 spiro atoms. The van der Waals surface area contributed by atoms with Gasteiger partial charge in [0, 0.05) is 13.0 Å². The Bertz CT molecular complexity index is 907. The smallest absolute Gasteiger partial charge is 0.280 e. The van der Waals surface area contributed by atoms with Gasteiger partial charge >= 0.3 is 0 Å². The number of carbonyl (C=O) groups excluding carboxylic acids is 1. The molecule has 0 bridgehead atoms. The minimum atomic E-state index is -0.355. The Morgan fingerprint density at radius 2 is 2.08 bits per heavy atom. The van der Waals surface area contributed by atoms with Crippen LogP contribution in [0.4, 0.5) is 5.95 Å². The third kappa shape index (κ3) is 2.66. The number of hydrogen-bond acceptors (Lipinski definition) is 5. The van der Waals surface area contributed by atoms with E-state index in [0.717, 1.165) is 29.9 Å². The number of aryl methyl sites for hydroxylation is 1. The molecule has 0 atom stereocenters. The molecule has 0 radical (unpaired) electrons. The van der Waals surface area contributed by atoms with Gasteiger partial charge in [-0.1, -0.05) is 17.3 Å². The number of amides is 1. The summed E-state index contributed by atoms with van der Waals surface area (Å²) in [6.45, 7) is 2.00. The lowest BCUT2D eigenvalue weighted by atomic mass is 10.2. The van der Waals surface area contributed by atoms with Crippen LogP contribution in [0.2, 0.25) is 0 Å². The van der Waals surface area contributed by atoms with Gasteiger partial charge in [-0.2, -0.15) is 0 Å². The van der Waals surface area contributed by atoms with Gasteiger partial charge < -0.3 is 0 Å². The fraction of sp³-hybridized carbons (Fsp3) is 0.312. The maximum atomic E-state index is 12.4. The molecule has 1 saturated carbocycles. The quantitative estimate of drug-likeness (QED) is 0.791. The summed E-state index contributed by atoms with van der Waals surface area (Å²) < 4.78 is 3.40. The second-order valence-electron chi connectivity index (χ2n) is 6.06. The topological polar surface area (TPSA) is 90.5 Å². The van der Waals surface area contributed by atoms with Crippen molar-refractivity contribution in [2.75, 3.05) is 5.32 Å². The first-order valence-corrected chi connectivity index (χ1v) is 7.82. The van der Waals surface area contributed by atoms with E-state index in [9.17, 15) is 4.79 Å². The van der Waals surface area contributed by atoms with Gasteiger partial charge in [-0.25, -0.2) is 4.68 Å². The zero-order valence-electron chi connectivity index (χ0n) is 13.5. The minimum absolute atomic E-state index is 0.229. The lowest BCUT2D eigenvalue weighted by Crippen LogP contribution is -2.16. The molecular weight excluding hydrogens is 306 g/mol. The first-order valence-electron chi connectivity index (χ1n) is 7.82. The van der Waals surface area contributed by atoms with Crippen molar-refractivity contribution in [1.82, 2.24) is 29.8 Å². The van der Waals surface area contributed by atoms with Crippen molar-refractivity contribution < 1.29 is 4.79 Å². The number of nitrogens with one attached hydrogen (secondary N) is 1. The molecule has 1 amide bonds. The van der Waals surface area contributed by atoms with Gasteiger partial charge in [0.2, 0.25) is 5.95 Å². The number of nitrogens with zero attached hydrogens (tertiary/aromatic N) is 6. The van der Waals surface area contributed by atoms with E-state index in [0.29, 0.717) is 11.9 Å². The molecule has 2 heterocycles. The molecule has 1 fully saturated rings. The van der Waals surface area contributed by atoms with E-state index >= 15 is 0 Å². The summed E-state index contributed by atoms with van der Waals surface area (Å²) >= 11 is 0. The lowest BCUT2D eigenvalue weighted by Gasteiger charge is -2.03. The van der Waals surface area contributed by atoms with Crippen LogP contribution in [0, 0.1) is 6.92 Å². The first-order chi connectivity index (χ1) is 11.6. The van der Waals surface area contributed by atoms with Crippen molar-refractivity contribution in [3.8, 4) is 5.69 Å². The minimum Gasteiger partial charge on any atom is -0.300 e. The number of rotatable bonds is 4. The van der Waals surface area contributed by atoms with Crippen LogP contribution < -0.4 is 5.32 Å². The molecule has 122 valence electrons. The van der Waals surface area contributed by atoms with Gasteiger partial charge in [0.25, 0.3) is 5.91 Å². The Balaban J connectivity index is 1.53. The van der Waals surface area contributed by atoms with Crippen LogP contribution in [0.1, 0.15) is 40.6 Å². The second kappa shape index (κ2) is 5.55. The average molecular weight is 323 g/mol. The third-order valence-electron chi connectivity index (χ3n) is 4.07. The van der Waals surface area contributed by atoms with E-state index in [1.54, 1.807) is 10.9 Å². The van der Waals surface area contributed by atoms with Crippen molar-refractivity contribution in [2.45, 2.75) is 25.7 Å². The molecule has 3 aromatic rings. The number of carbonyl (C=O) groups is 1. The highest BCUT2D eigenvalue weighted by Crippen LogP contribution is 2.39. The Kier molecular flexibility index (Phi) is 3.37. The van der Waals surface area contributed by atoms with Gasteiger partial charge in [0.05, 0.1) is 11.9 Å². The van der Waals surface area contributed by atoms with Crippen LogP contribution in [0.5, 0.6) is 0 Å². The van der Waals surface area contributed by atoms with E-state index in [1.165, 1.54) is 0 Å². The van der Waals surface area contributed by atoms with Gasteiger partial charge in [0.1, 0.15) is 5.82 Å². The Hall–Kier alpha value is -3.03. The van der Waals surface area contributed by atoms with Crippen LogP contribution in [-0.2, 0) is 7.05 Å². The molecule has 8 heteroatoms. The largest absolute Gasteiger partial charge is 0.300 e. The van der Waals surface area contributed by atoms with E-state index in [4.69, 9.17) is 0 Å². The average Bonchev–Trinajstić information content (AvgIpc) is 3.17. The fourth-order valence-corrected chi connectivity index (χ4v) is 2.58. The molecule has 4 rings (SSSR count). The van der Waals surface area contributed by atoms with Gasteiger partial charge in [0.15, 0.2) is 5.69 Å². The molecule has 1 aliphatic rings. The molecule has 0 unspecified atom stereocenters. The summed E-state index contributed by atoms with van der Waals surface area (Å²) in [4.78, 5) is 12.4. The third-order valence-corrected chi connectivity index (χ3v) is 4.07. The zero-order valence-corrected chi connectivity index (χ0v) is 13.5. The van der Waals surface area contributed by atoms with Crippen LogP contribution >= 0.6 is 0 Å². The van der Waals surface area contributed by atoms with Crippen LogP contribution in [0.3, 0.4) is 0 Å². The highest BCUT2D eigenvalue weighted by Gasteiger charge is 2.29.